The number of para-hydroxylation sites is 2. The first-order valence-corrected chi connectivity index (χ1v) is 6.71. The molecule has 18 heavy (non-hydrogen) atoms. The van der Waals surface area contributed by atoms with E-state index in [1.54, 1.807) is 0 Å². The van der Waals surface area contributed by atoms with Crippen molar-refractivity contribution in [2.24, 2.45) is 5.73 Å². The highest BCUT2D eigenvalue weighted by atomic mass is 15.2. The highest BCUT2D eigenvalue weighted by Crippen LogP contribution is 2.13. The van der Waals surface area contributed by atoms with Crippen LogP contribution in [0.1, 0.15) is 12.8 Å². The molecule has 1 aromatic carbocycles. The molecule has 0 unspecified atom stereocenters. The fraction of sp³-hybridized carbons (Fsp3) is 0.500. The van der Waals surface area contributed by atoms with E-state index in [0.29, 0.717) is 6.04 Å². The molecule has 1 fully saturated rings. The lowest BCUT2D eigenvalue weighted by atomic mass is 10.3. The quantitative estimate of drug-likeness (QED) is 0.885. The van der Waals surface area contributed by atoms with E-state index >= 15 is 0 Å². The summed E-state index contributed by atoms with van der Waals surface area (Å²) in [5, 5.41) is 0. The van der Waals surface area contributed by atoms with Crippen LogP contribution in [0.25, 0.3) is 11.0 Å². The van der Waals surface area contributed by atoms with E-state index in [4.69, 9.17) is 5.73 Å². The maximum Gasteiger partial charge on any atom is 0.0958 e. The molecule has 0 amide bonds. The van der Waals surface area contributed by atoms with Crippen molar-refractivity contribution in [2.45, 2.75) is 25.4 Å². The van der Waals surface area contributed by atoms with Gasteiger partial charge in [-0.2, -0.15) is 0 Å². The van der Waals surface area contributed by atoms with Crippen molar-refractivity contribution in [2.75, 3.05) is 19.6 Å². The van der Waals surface area contributed by atoms with E-state index in [1.165, 1.54) is 5.52 Å². The molecule has 0 radical (unpaired) electrons. The van der Waals surface area contributed by atoms with Crippen molar-refractivity contribution >= 4 is 11.0 Å². The minimum Gasteiger partial charge on any atom is -0.331 e. The van der Waals surface area contributed by atoms with Gasteiger partial charge in [0.05, 0.1) is 17.4 Å². The zero-order valence-corrected chi connectivity index (χ0v) is 10.6. The zero-order chi connectivity index (χ0) is 12.4. The number of hydrogen-bond acceptors (Lipinski definition) is 3. The van der Waals surface area contributed by atoms with Crippen LogP contribution in [-0.2, 0) is 6.54 Å². The molecule has 96 valence electrons. The summed E-state index contributed by atoms with van der Waals surface area (Å²) in [5.41, 5.74) is 8.23. The van der Waals surface area contributed by atoms with E-state index in [9.17, 15) is 0 Å². The van der Waals surface area contributed by atoms with Gasteiger partial charge in [0.15, 0.2) is 0 Å². The summed E-state index contributed by atoms with van der Waals surface area (Å²) < 4.78 is 2.24. The van der Waals surface area contributed by atoms with E-state index in [1.807, 2.05) is 12.4 Å². The smallest absolute Gasteiger partial charge is 0.0958 e. The van der Waals surface area contributed by atoms with Gasteiger partial charge < -0.3 is 15.2 Å². The number of nitrogens with zero attached hydrogens (tertiary/aromatic N) is 3. The second kappa shape index (κ2) is 5.08. The lowest BCUT2D eigenvalue weighted by Gasteiger charge is -2.15. The molecule has 0 aliphatic carbocycles. The molecule has 2 heterocycles. The molecule has 1 atom stereocenters. The number of nitrogens with two attached hydrogens (primary N) is 1. The van der Waals surface area contributed by atoms with Crippen LogP contribution < -0.4 is 5.73 Å². The van der Waals surface area contributed by atoms with Gasteiger partial charge in [-0.05, 0) is 38.1 Å². The largest absolute Gasteiger partial charge is 0.331 e. The summed E-state index contributed by atoms with van der Waals surface area (Å²) >= 11 is 0. The number of benzene rings is 1. The van der Waals surface area contributed by atoms with Crippen molar-refractivity contribution < 1.29 is 0 Å². The first-order valence-electron chi connectivity index (χ1n) is 6.71. The number of aromatic nitrogens is 2. The number of rotatable bonds is 4. The predicted molar refractivity (Wildman–Crippen MR) is 73.4 cm³/mol. The number of aryl methyl sites for hydroxylation is 1. The molecular formula is C14H20N4. The SMILES string of the molecule is N[C@H]1CCN(CCCn2cnc3ccccc32)C1. The van der Waals surface area contributed by atoms with Gasteiger partial charge in [-0.1, -0.05) is 12.1 Å². The van der Waals surface area contributed by atoms with Crippen molar-refractivity contribution in [1.29, 1.82) is 0 Å². The molecule has 2 N–H and O–H groups in total. The van der Waals surface area contributed by atoms with E-state index in [0.717, 1.165) is 44.5 Å². The summed E-state index contributed by atoms with van der Waals surface area (Å²) in [6.07, 6.45) is 4.25. The molecule has 0 bridgehead atoms. The lowest BCUT2D eigenvalue weighted by molar-refractivity contribution is 0.322. The maximum absolute atomic E-state index is 5.91. The van der Waals surface area contributed by atoms with Gasteiger partial charge in [-0.3, -0.25) is 0 Å². The van der Waals surface area contributed by atoms with Gasteiger partial charge in [0.2, 0.25) is 0 Å². The summed E-state index contributed by atoms with van der Waals surface area (Å²) in [6, 6.07) is 8.68. The van der Waals surface area contributed by atoms with Gasteiger partial charge in [0.1, 0.15) is 0 Å². The molecule has 1 aliphatic rings. The third kappa shape index (κ3) is 2.40. The van der Waals surface area contributed by atoms with Crippen molar-refractivity contribution in [1.82, 2.24) is 14.5 Å². The minimum absolute atomic E-state index is 0.388. The summed E-state index contributed by atoms with van der Waals surface area (Å²) in [5.74, 6) is 0. The van der Waals surface area contributed by atoms with Crippen LogP contribution in [0.2, 0.25) is 0 Å². The Morgan fingerprint density at radius 3 is 3.00 bits per heavy atom. The van der Waals surface area contributed by atoms with E-state index in [2.05, 4.69) is 32.7 Å². The molecule has 2 aromatic rings. The summed E-state index contributed by atoms with van der Waals surface area (Å²) in [4.78, 5) is 6.87. The van der Waals surface area contributed by atoms with Crippen LogP contribution in [-0.4, -0.2) is 40.1 Å². The predicted octanol–water partition coefficient (Wildman–Crippen LogP) is 1.46. The molecule has 3 rings (SSSR count). The van der Waals surface area contributed by atoms with Crippen molar-refractivity contribution in [3.05, 3.63) is 30.6 Å². The van der Waals surface area contributed by atoms with E-state index in [-0.39, 0.29) is 0 Å². The van der Waals surface area contributed by atoms with Crippen molar-refractivity contribution in [3.63, 3.8) is 0 Å². The second-order valence-corrected chi connectivity index (χ2v) is 5.13. The van der Waals surface area contributed by atoms with E-state index < -0.39 is 0 Å². The van der Waals surface area contributed by atoms with Crippen LogP contribution in [0.3, 0.4) is 0 Å². The first kappa shape index (κ1) is 11.7. The average Bonchev–Trinajstić information content (AvgIpc) is 2.97. The van der Waals surface area contributed by atoms with Gasteiger partial charge in [-0.15, -0.1) is 0 Å². The Balaban J connectivity index is 1.57. The van der Waals surface area contributed by atoms with Crippen LogP contribution >= 0.6 is 0 Å². The fourth-order valence-electron chi connectivity index (χ4n) is 2.72. The van der Waals surface area contributed by atoms with Crippen LogP contribution in [0.15, 0.2) is 30.6 Å². The van der Waals surface area contributed by atoms with Crippen LogP contribution in [0, 0.1) is 0 Å². The zero-order valence-electron chi connectivity index (χ0n) is 10.6. The molecule has 0 spiro atoms. The highest BCUT2D eigenvalue weighted by molar-refractivity contribution is 5.74. The van der Waals surface area contributed by atoms with Gasteiger partial charge in [0.25, 0.3) is 0 Å². The Hall–Kier alpha value is -1.39. The van der Waals surface area contributed by atoms with Gasteiger partial charge >= 0.3 is 0 Å². The maximum atomic E-state index is 5.91. The number of hydrogen-bond donors (Lipinski definition) is 1. The third-order valence-corrected chi connectivity index (χ3v) is 3.71. The van der Waals surface area contributed by atoms with Crippen LogP contribution in [0.4, 0.5) is 0 Å². The summed E-state index contributed by atoms with van der Waals surface area (Å²) in [7, 11) is 0. The van der Waals surface area contributed by atoms with Gasteiger partial charge in [-0.25, -0.2) is 4.98 Å². The summed E-state index contributed by atoms with van der Waals surface area (Å²) in [6.45, 7) is 4.39. The lowest BCUT2D eigenvalue weighted by Crippen LogP contribution is -2.27. The molecule has 4 nitrogen and oxygen atoms in total. The topological polar surface area (TPSA) is 47.1 Å². The molecular weight excluding hydrogens is 224 g/mol. The molecule has 4 heteroatoms. The normalized spacial score (nSPS) is 20.8. The molecule has 1 saturated heterocycles. The number of fused-ring (bicyclic) bond motifs is 1. The van der Waals surface area contributed by atoms with Gasteiger partial charge in [0, 0.05) is 19.1 Å². The number of likely N-dealkylation sites (tertiary alicyclic amines) is 1. The Morgan fingerprint density at radius 2 is 2.17 bits per heavy atom. The monoisotopic (exact) mass is 244 g/mol. The Bertz CT molecular complexity index is 519. The molecule has 0 saturated carbocycles. The Labute approximate surface area is 107 Å². The standard InChI is InChI=1S/C14H20N4/c15-12-6-9-17(10-12)7-3-8-18-11-16-13-4-1-2-5-14(13)18/h1-2,4-5,11-12H,3,6-10,15H2/t12-/m0/s1. The van der Waals surface area contributed by atoms with Crippen molar-refractivity contribution in [3.8, 4) is 0 Å². The Morgan fingerprint density at radius 1 is 1.28 bits per heavy atom. The van der Waals surface area contributed by atoms with Crippen LogP contribution in [0.5, 0.6) is 0 Å². The number of imidazole rings is 1. The highest BCUT2D eigenvalue weighted by Gasteiger charge is 2.17. The minimum atomic E-state index is 0.388. The third-order valence-electron chi connectivity index (χ3n) is 3.71. The Kier molecular flexibility index (Phi) is 3.30. The average molecular weight is 244 g/mol. The fourth-order valence-corrected chi connectivity index (χ4v) is 2.72. The second-order valence-electron chi connectivity index (χ2n) is 5.13. The molecule has 1 aliphatic heterocycles. The first-order chi connectivity index (χ1) is 8.83. The molecule has 1 aromatic heterocycles.